The summed E-state index contributed by atoms with van der Waals surface area (Å²) in [7, 11) is 4.34. The third-order valence-electron chi connectivity index (χ3n) is 6.57. The number of rotatable bonds is 0. The fraction of sp³-hybridized carbons (Fsp3) is 0.348. The SMILES string of the molecule is Cc1c(C)c(C)c2c(c1C)c1cccc(C)c1c1c2c(C)n(C)[n+]1C. The monoisotopic (exact) mass is 331 g/mol. The van der Waals surface area contributed by atoms with Crippen molar-refractivity contribution in [3.8, 4) is 0 Å². The molecular formula is C23H27N2+. The van der Waals surface area contributed by atoms with E-state index < -0.39 is 0 Å². The van der Waals surface area contributed by atoms with Crippen LogP contribution in [-0.4, -0.2) is 4.68 Å². The van der Waals surface area contributed by atoms with E-state index in [1.165, 1.54) is 66.0 Å². The van der Waals surface area contributed by atoms with E-state index in [-0.39, 0.29) is 0 Å². The summed E-state index contributed by atoms with van der Waals surface area (Å²) in [5, 5.41) is 7.04. The Kier molecular flexibility index (Phi) is 3.28. The Labute approximate surface area is 149 Å². The van der Waals surface area contributed by atoms with Crippen LogP contribution in [0.25, 0.3) is 32.4 Å². The van der Waals surface area contributed by atoms with Crippen LogP contribution in [0.5, 0.6) is 0 Å². The Balaban J connectivity index is 2.57. The minimum atomic E-state index is 1.33. The Morgan fingerprint density at radius 1 is 0.720 bits per heavy atom. The lowest BCUT2D eigenvalue weighted by Crippen LogP contribution is -2.38. The summed E-state index contributed by atoms with van der Waals surface area (Å²) in [5.41, 5.74) is 9.71. The van der Waals surface area contributed by atoms with Crippen molar-refractivity contribution in [2.45, 2.75) is 41.5 Å². The van der Waals surface area contributed by atoms with E-state index >= 15 is 0 Å². The average Bonchev–Trinajstić information content (AvgIpc) is 2.81. The summed E-state index contributed by atoms with van der Waals surface area (Å²) < 4.78 is 4.59. The maximum Gasteiger partial charge on any atom is 0.247 e. The summed E-state index contributed by atoms with van der Waals surface area (Å²) >= 11 is 0. The van der Waals surface area contributed by atoms with Gasteiger partial charge in [-0.25, -0.2) is 0 Å². The fourth-order valence-corrected chi connectivity index (χ4v) is 4.61. The van der Waals surface area contributed by atoms with Crippen LogP contribution in [0.4, 0.5) is 0 Å². The molecule has 25 heavy (non-hydrogen) atoms. The van der Waals surface area contributed by atoms with Gasteiger partial charge in [-0.05, 0) is 80.1 Å². The predicted octanol–water partition coefficient (Wildman–Crippen LogP) is 5.16. The Morgan fingerprint density at radius 3 is 1.96 bits per heavy atom. The average molecular weight is 331 g/mol. The summed E-state index contributed by atoms with van der Waals surface area (Å²) in [6.07, 6.45) is 0. The van der Waals surface area contributed by atoms with Gasteiger partial charge in [0.1, 0.15) is 0 Å². The van der Waals surface area contributed by atoms with Gasteiger partial charge < -0.3 is 0 Å². The standard InChI is InChI=1S/C23H27N2/c1-12-10-9-11-18-19(12)23-22(17(6)24(7)25(23)8)21-16(5)14(3)13(2)15(4)20(18)21/h9-11H,1-8H3/q+1. The number of hydrogen-bond donors (Lipinski definition) is 0. The smallest absolute Gasteiger partial charge is 0.160 e. The highest BCUT2D eigenvalue weighted by atomic mass is 15.4. The molecule has 0 spiro atoms. The van der Waals surface area contributed by atoms with Gasteiger partial charge in [-0.15, -0.1) is 4.68 Å². The molecule has 1 heterocycles. The molecular weight excluding hydrogens is 304 g/mol. The van der Waals surface area contributed by atoms with E-state index in [9.17, 15) is 0 Å². The molecule has 0 N–H and O–H groups in total. The van der Waals surface area contributed by atoms with Crippen LogP contribution in [0, 0.1) is 41.5 Å². The zero-order valence-corrected chi connectivity index (χ0v) is 16.6. The molecule has 2 nitrogen and oxygen atoms in total. The first-order valence-electron chi connectivity index (χ1n) is 9.04. The zero-order valence-electron chi connectivity index (χ0n) is 16.6. The van der Waals surface area contributed by atoms with Crippen molar-refractivity contribution in [2.75, 3.05) is 0 Å². The summed E-state index contributed by atoms with van der Waals surface area (Å²) in [4.78, 5) is 0. The fourth-order valence-electron chi connectivity index (χ4n) is 4.61. The van der Waals surface area contributed by atoms with Gasteiger partial charge in [-0.1, -0.05) is 18.2 Å². The van der Waals surface area contributed by atoms with E-state index in [0.29, 0.717) is 0 Å². The minimum Gasteiger partial charge on any atom is -0.160 e. The quantitative estimate of drug-likeness (QED) is 0.311. The van der Waals surface area contributed by atoms with E-state index in [1.807, 2.05) is 0 Å². The first-order chi connectivity index (χ1) is 11.8. The van der Waals surface area contributed by atoms with Crippen LogP contribution in [0.2, 0.25) is 0 Å². The van der Waals surface area contributed by atoms with Crippen LogP contribution in [-0.2, 0) is 14.1 Å². The summed E-state index contributed by atoms with van der Waals surface area (Å²) in [6.45, 7) is 13.6. The molecule has 2 heteroatoms. The lowest BCUT2D eigenvalue weighted by molar-refractivity contribution is -0.727. The Bertz CT molecular complexity index is 1210. The zero-order chi connectivity index (χ0) is 18.2. The molecule has 0 aliphatic heterocycles. The second-order valence-corrected chi connectivity index (χ2v) is 7.60. The van der Waals surface area contributed by atoms with Crippen LogP contribution >= 0.6 is 0 Å². The summed E-state index contributed by atoms with van der Waals surface area (Å²) in [6, 6.07) is 6.73. The van der Waals surface area contributed by atoms with Gasteiger partial charge in [0.05, 0.1) is 23.5 Å². The van der Waals surface area contributed by atoms with Crippen molar-refractivity contribution in [1.29, 1.82) is 0 Å². The highest BCUT2D eigenvalue weighted by Gasteiger charge is 2.26. The number of fused-ring (bicyclic) bond motifs is 6. The maximum atomic E-state index is 2.31. The van der Waals surface area contributed by atoms with E-state index in [2.05, 4.69) is 83.2 Å². The molecule has 0 saturated carbocycles. The maximum absolute atomic E-state index is 2.31. The number of aromatic nitrogens is 2. The van der Waals surface area contributed by atoms with E-state index in [4.69, 9.17) is 0 Å². The van der Waals surface area contributed by atoms with Crippen LogP contribution in [0.3, 0.4) is 0 Å². The van der Waals surface area contributed by atoms with Crippen molar-refractivity contribution in [3.63, 3.8) is 0 Å². The lowest BCUT2D eigenvalue weighted by atomic mass is 9.85. The molecule has 0 bridgehead atoms. The highest BCUT2D eigenvalue weighted by molar-refractivity contribution is 6.26. The molecule has 0 unspecified atom stereocenters. The second-order valence-electron chi connectivity index (χ2n) is 7.60. The van der Waals surface area contributed by atoms with Gasteiger partial charge in [-0.3, -0.25) is 0 Å². The van der Waals surface area contributed by atoms with Crippen molar-refractivity contribution < 1.29 is 4.68 Å². The van der Waals surface area contributed by atoms with Crippen LogP contribution < -0.4 is 4.68 Å². The Hall–Kier alpha value is -2.35. The van der Waals surface area contributed by atoms with E-state index in [1.54, 1.807) is 0 Å². The third-order valence-corrected chi connectivity index (χ3v) is 6.57. The first kappa shape index (κ1) is 16.1. The van der Waals surface area contributed by atoms with Crippen LogP contribution in [0.1, 0.15) is 33.5 Å². The third kappa shape index (κ3) is 1.83. The first-order valence-corrected chi connectivity index (χ1v) is 9.04. The van der Waals surface area contributed by atoms with Crippen molar-refractivity contribution in [3.05, 3.63) is 51.7 Å². The molecule has 0 fully saturated rings. The number of hydrogen-bond acceptors (Lipinski definition) is 0. The van der Waals surface area contributed by atoms with E-state index in [0.717, 1.165) is 0 Å². The molecule has 3 aromatic carbocycles. The molecule has 4 rings (SSSR count). The molecule has 0 atom stereocenters. The number of nitrogens with zero attached hydrogens (tertiary/aromatic N) is 2. The normalized spacial score (nSPS) is 12.0. The molecule has 0 radical (unpaired) electrons. The van der Waals surface area contributed by atoms with Crippen LogP contribution in [0.15, 0.2) is 18.2 Å². The molecule has 0 aliphatic carbocycles. The molecule has 0 aliphatic rings. The van der Waals surface area contributed by atoms with Crippen molar-refractivity contribution in [1.82, 2.24) is 4.68 Å². The molecule has 1 aromatic heterocycles. The highest BCUT2D eigenvalue weighted by Crippen LogP contribution is 2.41. The largest absolute Gasteiger partial charge is 0.247 e. The lowest BCUT2D eigenvalue weighted by Gasteiger charge is -2.17. The van der Waals surface area contributed by atoms with Gasteiger partial charge in [0.25, 0.3) is 0 Å². The molecule has 0 saturated heterocycles. The number of aryl methyl sites for hydroxylation is 5. The van der Waals surface area contributed by atoms with Gasteiger partial charge >= 0.3 is 0 Å². The molecule has 128 valence electrons. The van der Waals surface area contributed by atoms with Gasteiger partial charge in [-0.2, -0.15) is 4.68 Å². The second kappa shape index (κ2) is 5.08. The molecule has 4 aromatic rings. The van der Waals surface area contributed by atoms with Gasteiger partial charge in [0, 0.05) is 5.39 Å². The minimum absolute atomic E-state index is 1.33. The predicted molar refractivity (Wildman–Crippen MR) is 108 cm³/mol. The summed E-state index contributed by atoms with van der Waals surface area (Å²) in [5.74, 6) is 0. The van der Waals surface area contributed by atoms with Gasteiger partial charge in [0.15, 0.2) is 7.05 Å². The van der Waals surface area contributed by atoms with Crippen molar-refractivity contribution in [2.24, 2.45) is 14.1 Å². The van der Waals surface area contributed by atoms with Gasteiger partial charge in [0.2, 0.25) is 5.52 Å². The van der Waals surface area contributed by atoms with Crippen molar-refractivity contribution >= 4 is 32.4 Å². The molecule has 0 amide bonds. The number of benzene rings is 3. The topological polar surface area (TPSA) is 8.81 Å². The Morgan fingerprint density at radius 2 is 1.32 bits per heavy atom.